The minimum Gasteiger partial charge on any atom is -0.480 e. The van der Waals surface area contributed by atoms with Crippen LogP contribution in [0.2, 0.25) is 0 Å². The lowest BCUT2D eigenvalue weighted by Crippen LogP contribution is -2.33. The zero-order valence-electron chi connectivity index (χ0n) is 13.5. The van der Waals surface area contributed by atoms with Crippen LogP contribution >= 0.6 is 11.8 Å². The largest absolute Gasteiger partial charge is 0.480 e. The first-order valence-electron chi connectivity index (χ1n) is 7.79. The van der Waals surface area contributed by atoms with Gasteiger partial charge in [0, 0.05) is 5.75 Å². The molecule has 5 atom stereocenters. The molecule has 3 heterocycles. The van der Waals surface area contributed by atoms with E-state index in [4.69, 9.17) is 21.3 Å². The Balaban J connectivity index is 1.64. The molecule has 0 amide bonds. The summed E-state index contributed by atoms with van der Waals surface area (Å²) in [5.74, 6) is -0.0736. The van der Waals surface area contributed by atoms with Crippen molar-refractivity contribution in [1.29, 1.82) is 0 Å². The van der Waals surface area contributed by atoms with Crippen molar-refractivity contribution in [3.05, 3.63) is 6.33 Å². The Morgan fingerprint density at radius 2 is 2.15 bits per heavy atom. The van der Waals surface area contributed by atoms with Gasteiger partial charge in [-0.05, 0) is 12.2 Å². The Morgan fingerprint density at radius 3 is 2.88 bits per heavy atom. The lowest BCUT2D eigenvalue weighted by atomic mass is 10.1. The highest BCUT2D eigenvalue weighted by molar-refractivity contribution is 7.99. The number of aliphatic hydroxyl groups excluding tert-OH is 2. The summed E-state index contributed by atoms with van der Waals surface area (Å²) in [6.07, 6.45) is -2.48. The first-order valence-corrected chi connectivity index (χ1v) is 8.94. The van der Waals surface area contributed by atoms with Crippen LogP contribution in [0.15, 0.2) is 6.33 Å². The summed E-state index contributed by atoms with van der Waals surface area (Å²) in [6.45, 7) is 0. The first-order chi connectivity index (χ1) is 12.4. The number of nitrogen functional groups attached to an aromatic ring is 1. The van der Waals surface area contributed by atoms with Gasteiger partial charge in [0.1, 0.15) is 24.6 Å². The number of carbonyl (C=O) groups is 1. The Morgan fingerprint density at radius 1 is 1.38 bits per heavy atom. The molecule has 0 radical (unpaired) electrons. The van der Waals surface area contributed by atoms with Crippen molar-refractivity contribution in [2.24, 2.45) is 5.73 Å². The van der Waals surface area contributed by atoms with Crippen molar-refractivity contribution in [3.63, 3.8) is 0 Å². The van der Waals surface area contributed by atoms with E-state index in [1.807, 2.05) is 0 Å². The third kappa shape index (κ3) is 3.57. The maximum Gasteiger partial charge on any atom is 0.320 e. The second kappa shape index (κ2) is 7.67. The predicted octanol–water partition coefficient (Wildman–Crippen LogP) is -2.04. The van der Waals surface area contributed by atoms with Crippen LogP contribution in [0.4, 0.5) is 5.82 Å². The van der Waals surface area contributed by atoms with Gasteiger partial charge < -0.3 is 31.5 Å². The smallest absolute Gasteiger partial charge is 0.320 e. The van der Waals surface area contributed by atoms with E-state index in [-0.39, 0.29) is 17.0 Å². The van der Waals surface area contributed by atoms with Crippen LogP contribution in [0.25, 0.3) is 11.2 Å². The summed E-state index contributed by atoms with van der Waals surface area (Å²) in [7, 11) is 0. The molecule has 0 unspecified atom stereocenters. The van der Waals surface area contributed by atoms with Gasteiger partial charge >= 0.3 is 5.97 Å². The van der Waals surface area contributed by atoms with Crippen LogP contribution in [0.3, 0.4) is 0 Å². The van der Waals surface area contributed by atoms with Gasteiger partial charge in [-0.3, -0.25) is 4.79 Å². The van der Waals surface area contributed by atoms with Gasteiger partial charge in [-0.1, -0.05) is 5.21 Å². The van der Waals surface area contributed by atoms with Gasteiger partial charge in [0.2, 0.25) is 0 Å². The molecule has 142 valence electrons. The normalized spacial score (nSPS) is 27.0. The highest BCUT2D eigenvalue weighted by Gasteiger charge is 2.44. The van der Waals surface area contributed by atoms with Crippen molar-refractivity contribution < 1.29 is 24.9 Å². The minimum absolute atomic E-state index is 0.149. The van der Waals surface area contributed by atoms with Crippen LogP contribution in [-0.4, -0.2) is 82.1 Å². The molecule has 0 aliphatic carbocycles. The number of hydrogen-bond acceptors (Lipinski definition) is 11. The second-order valence-electron chi connectivity index (χ2n) is 5.82. The number of hydrogen-bond donors (Lipinski definition) is 5. The number of aliphatic carboxylic acids is 1. The van der Waals surface area contributed by atoms with E-state index in [1.54, 1.807) is 0 Å². The molecule has 1 aliphatic rings. The van der Waals surface area contributed by atoms with Crippen molar-refractivity contribution >= 4 is 34.7 Å². The lowest BCUT2D eigenvalue weighted by molar-refractivity contribution is -0.138. The van der Waals surface area contributed by atoms with E-state index in [1.165, 1.54) is 22.8 Å². The first kappa shape index (κ1) is 18.7. The Hall–Kier alpha value is -2.06. The van der Waals surface area contributed by atoms with Crippen LogP contribution < -0.4 is 11.5 Å². The van der Waals surface area contributed by atoms with E-state index >= 15 is 0 Å². The maximum atomic E-state index is 10.7. The van der Waals surface area contributed by atoms with Crippen molar-refractivity contribution in [3.8, 4) is 0 Å². The SMILES string of the molecule is Nc1ncnc2c1nnn2[C@@H]1O[C@H](CSCC[C@@H](N)C(=O)O)[C@@H](O)[C@H]1O. The Kier molecular flexibility index (Phi) is 5.52. The fraction of sp³-hybridized carbons (Fsp3) is 0.615. The van der Waals surface area contributed by atoms with Crippen LogP contribution in [0.5, 0.6) is 0 Å². The fourth-order valence-electron chi connectivity index (χ4n) is 2.56. The fourth-order valence-corrected chi connectivity index (χ4v) is 3.65. The quantitative estimate of drug-likeness (QED) is 0.328. The molecule has 1 aliphatic heterocycles. The van der Waals surface area contributed by atoms with E-state index in [0.29, 0.717) is 17.9 Å². The molecule has 0 bridgehead atoms. The van der Waals surface area contributed by atoms with Crippen LogP contribution in [-0.2, 0) is 9.53 Å². The molecule has 26 heavy (non-hydrogen) atoms. The molecule has 7 N–H and O–H groups in total. The highest BCUT2D eigenvalue weighted by Crippen LogP contribution is 2.32. The Bertz CT molecular complexity index is 789. The summed E-state index contributed by atoms with van der Waals surface area (Å²) < 4.78 is 6.98. The van der Waals surface area contributed by atoms with Gasteiger partial charge in [0.15, 0.2) is 23.2 Å². The highest BCUT2D eigenvalue weighted by atomic mass is 32.2. The van der Waals surface area contributed by atoms with E-state index in [9.17, 15) is 15.0 Å². The van der Waals surface area contributed by atoms with Gasteiger partial charge in [-0.25, -0.2) is 9.97 Å². The summed E-state index contributed by atoms with van der Waals surface area (Å²) >= 11 is 1.38. The monoisotopic (exact) mass is 385 g/mol. The molecule has 0 aromatic carbocycles. The molecule has 2 aromatic rings. The van der Waals surface area contributed by atoms with Gasteiger partial charge in [-0.15, -0.1) is 5.10 Å². The summed E-state index contributed by atoms with van der Waals surface area (Å²) in [5.41, 5.74) is 11.7. The average molecular weight is 385 g/mol. The third-order valence-corrected chi connectivity index (χ3v) is 5.13. The lowest BCUT2D eigenvalue weighted by Gasteiger charge is -2.14. The number of carboxylic acid groups (broad SMARTS) is 1. The van der Waals surface area contributed by atoms with Crippen molar-refractivity contribution in [1.82, 2.24) is 25.0 Å². The van der Waals surface area contributed by atoms with Gasteiger partial charge in [0.05, 0.1) is 6.10 Å². The number of nitrogens with zero attached hydrogens (tertiary/aromatic N) is 5. The van der Waals surface area contributed by atoms with E-state index in [0.717, 1.165) is 0 Å². The zero-order chi connectivity index (χ0) is 18.8. The molecular weight excluding hydrogens is 366 g/mol. The third-order valence-electron chi connectivity index (χ3n) is 4.04. The number of rotatable bonds is 7. The molecule has 0 spiro atoms. The molecule has 2 aromatic heterocycles. The number of carboxylic acids is 1. The van der Waals surface area contributed by atoms with E-state index < -0.39 is 36.6 Å². The average Bonchev–Trinajstić information content (AvgIpc) is 3.15. The Labute approximate surface area is 151 Å². The zero-order valence-corrected chi connectivity index (χ0v) is 14.4. The number of ether oxygens (including phenoxy) is 1. The second-order valence-corrected chi connectivity index (χ2v) is 6.97. The van der Waals surface area contributed by atoms with Crippen LogP contribution in [0, 0.1) is 0 Å². The molecule has 3 rings (SSSR count). The summed E-state index contributed by atoms with van der Waals surface area (Å²) in [5, 5.41) is 37.0. The molecule has 13 heteroatoms. The summed E-state index contributed by atoms with van der Waals surface area (Å²) in [6, 6.07) is -0.929. The number of aromatic nitrogens is 5. The predicted molar refractivity (Wildman–Crippen MR) is 91.0 cm³/mol. The summed E-state index contributed by atoms with van der Waals surface area (Å²) in [4.78, 5) is 18.5. The maximum absolute atomic E-state index is 10.7. The molecule has 1 saturated heterocycles. The van der Waals surface area contributed by atoms with Crippen LogP contribution in [0.1, 0.15) is 12.6 Å². The van der Waals surface area contributed by atoms with Crippen molar-refractivity contribution in [2.75, 3.05) is 17.2 Å². The number of fused-ring (bicyclic) bond motifs is 1. The molecule has 0 saturated carbocycles. The van der Waals surface area contributed by atoms with E-state index in [2.05, 4.69) is 20.3 Å². The van der Waals surface area contributed by atoms with Crippen molar-refractivity contribution in [2.45, 2.75) is 37.0 Å². The minimum atomic E-state index is -1.23. The standard InChI is InChI=1S/C13H19N7O5S/c14-5(13(23)24)1-2-26-3-6-8(21)9(22)12(25-6)20-11-7(18-19-20)10(15)16-4-17-11/h4-6,8-9,12,21-22H,1-3,14H2,(H,23,24)(H2,15,16,17)/t5-,6-,8-,9-,12-/m1/s1. The number of thioether (sulfide) groups is 1. The molecule has 1 fully saturated rings. The number of anilines is 1. The topological polar surface area (TPSA) is 196 Å². The van der Waals surface area contributed by atoms with Gasteiger partial charge in [0.25, 0.3) is 0 Å². The molecular formula is C13H19N7O5S. The number of nitrogens with two attached hydrogens (primary N) is 2. The number of aliphatic hydroxyl groups is 2. The van der Waals surface area contributed by atoms with Gasteiger partial charge in [-0.2, -0.15) is 16.4 Å². The molecule has 12 nitrogen and oxygen atoms in total.